The molecule has 0 aliphatic heterocycles. The van der Waals surface area contributed by atoms with Gasteiger partial charge in [0, 0.05) is 5.69 Å². The van der Waals surface area contributed by atoms with Gasteiger partial charge in [-0.1, -0.05) is 36.4 Å². The first-order chi connectivity index (χ1) is 10.4. The van der Waals surface area contributed by atoms with Crippen LogP contribution in [0.2, 0.25) is 0 Å². The molecule has 0 radical (unpaired) electrons. The number of aromatic nitrogens is 3. The summed E-state index contributed by atoms with van der Waals surface area (Å²) in [5.74, 6) is 0.686. The van der Waals surface area contributed by atoms with Gasteiger partial charge >= 0.3 is 0 Å². The van der Waals surface area contributed by atoms with Gasteiger partial charge in [0.15, 0.2) is 0 Å². The number of anilines is 2. The van der Waals surface area contributed by atoms with Gasteiger partial charge in [0.25, 0.3) is 5.95 Å². The van der Waals surface area contributed by atoms with E-state index in [2.05, 4.69) is 30.5 Å². The molecule has 102 valence electrons. The number of para-hydroxylation sites is 1. The Hall–Kier alpha value is -3.15. The molecule has 0 saturated heterocycles. The van der Waals surface area contributed by atoms with E-state index in [4.69, 9.17) is 0 Å². The zero-order valence-corrected chi connectivity index (χ0v) is 11.1. The van der Waals surface area contributed by atoms with E-state index >= 15 is 0 Å². The lowest BCUT2D eigenvalue weighted by atomic mass is 10.3. The Morgan fingerprint density at radius 2 is 1.48 bits per heavy atom. The summed E-state index contributed by atoms with van der Waals surface area (Å²) in [6, 6.07) is 19.1. The van der Waals surface area contributed by atoms with Crippen molar-refractivity contribution >= 4 is 23.3 Å². The summed E-state index contributed by atoms with van der Waals surface area (Å²) in [5.41, 5.74) is 1.64. The van der Waals surface area contributed by atoms with Crippen LogP contribution < -0.4 is 5.32 Å². The first-order valence-corrected chi connectivity index (χ1v) is 6.38. The van der Waals surface area contributed by atoms with Crippen LogP contribution in [0.15, 0.2) is 77.2 Å². The zero-order valence-electron chi connectivity index (χ0n) is 11.1. The van der Waals surface area contributed by atoms with E-state index in [1.807, 2.05) is 60.7 Å². The molecule has 1 aromatic heterocycles. The maximum absolute atomic E-state index is 4.19. The second-order valence-corrected chi connectivity index (χ2v) is 4.14. The summed E-state index contributed by atoms with van der Waals surface area (Å²) in [5, 5.41) is 11.1. The highest BCUT2D eigenvalue weighted by molar-refractivity contribution is 5.52. The molecule has 0 fully saturated rings. The molecule has 6 nitrogen and oxygen atoms in total. The van der Waals surface area contributed by atoms with E-state index in [0.717, 1.165) is 11.4 Å². The van der Waals surface area contributed by atoms with Crippen LogP contribution in [0.4, 0.5) is 23.3 Å². The van der Waals surface area contributed by atoms with Crippen molar-refractivity contribution in [3.8, 4) is 0 Å². The van der Waals surface area contributed by atoms with Gasteiger partial charge in [-0.05, 0) is 24.3 Å². The number of nitrogens with one attached hydrogen (secondary N) is 1. The van der Waals surface area contributed by atoms with Gasteiger partial charge in [-0.15, -0.1) is 10.2 Å². The van der Waals surface area contributed by atoms with Crippen LogP contribution in [0.25, 0.3) is 0 Å². The SMILES string of the molecule is c1ccc(N=Nc2ncnc(Nc3ccccc3)n2)cc1. The molecule has 0 aliphatic rings. The maximum Gasteiger partial charge on any atom is 0.273 e. The minimum Gasteiger partial charge on any atom is -0.324 e. The van der Waals surface area contributed by atoms with Crippen molar-refractivity contribution in [2.45, 2.75) is 0 Å². The minimum atomic E-state index is 0.257. The molecule has 0 atom stereocenters. The van der Waals surface area contributed by atoms with Crippen molar-refractivity contribution in [1.29, 1.82) is 0 Å². The monoisotopic (exact) mass is 276 g/mol. The minimum absolute atomic E-state index is 0.257. The average Bonchev–Trinajstić information content (AvgIpc) is 2.55. The number of rotatable bonds is 4. The molecular formula is C15H12N6. The van der Waals surface area contributed by atoms with Gasteiger partial charge in [-0.2, -0.15) is 9.97 Å². The second kappa shape index (κ2) is 6.33. The van der Waals surface area contributed by atoms with Gasteiger partial charge in [0.2, 0.25) is 5.95 Å². The molecule has 0 aliphatic carbocycles. The molecule has 2 aromatic carbocycles. The van der Waals surface area contributed by atoms with Crippen LogP contribution in [-0.2, 0) is 0 Å². The van der Waals surface area contributed by atoms with Gasteiger partial charge in [-0.25, -0.2) is 4.98 Å². The topological polar surface area (TPSA) is 75.4 Å². The van der Waals surface area contributed by atoms with Crippen LogP contribution in [0, 0.1) is 0 Å². The smallest absolute Gasteiger partial charge is 0.273 e. The molecule has 3 rings (SSSR count). The summed E-state index contributed by atoms with van der Waals surface area (Å²) in [7, 11) is 0. The van der Waals surface area contributed by atoms with Crippen molar-refractivity contribution in [3.63, 3.8) is 0 Å². The molecule has 0 bridgehead atoms. The highest BCUT2D eigenvalue weighted by atomic mass is 15.3. The van der Waals surface area contributed by atoms with E-state index in [1.54, 1.807) is 0 Å². The molecule has 0 spiro atoms. The molecule has 0 saturated carbocycles. The molecule has 1 heterocycles. The van der Waals surface area contributed by atoms with Crippen molar-refractivity contribution in [3.05, 3.63) is 67.0 Å². The summed E-state index contributed by atoms with van der Waals surface area (Å²) in [6.07, 6.45) is 1.40. The van der Waals surface area contributed by atoms with E-state index in [-0.39, 0.29) is 5.95 Å². The molecular weight excluding hydrogens is 264 g/mol. The Morgan fingerprint density at radius 1 is 0.762 bits per heavy atom. The Labute approximate surface area is 121 Å². The number of azo groups is 1. The largest absolute Gasteiger partial charge is 0.324 e. The van der Waals surface area contributed by atoms with Crippen LogP contribution in [0.5, 0.6) is 0 Å². The third kappa shape index (κ3) is 3.66. The van der Waals surface area contributed by atoms with Crippen LogP contribution in [0.3, 0.4) is 0 Å². The number of benzene rings is 2. The summed E-state index contributed by atoms with van der Waals surface area (Å²) in [4.78, 5) is 12.2. The first kappa shape index (κ1) is 12.9. The zero-order chi connectivity index (χ0) is 14.3. The van der Waals surface area contributed by atoms with Crippen molar-refractivity contribution in [2.75, 3.05) is 5.32 Å². The quantitative estimate of drug-likeness (QED) is 0.730. The van der Waals surface area contributed by atoms with Crippen LogP contribution in [0.1, 0.15) is 0 Å². The fourth-order valence-corrected chi connectivity index (χ4v) is 1.64. The van der Waals surface area contributed by atoms with Gasteiger partial charge in [0.1, 0.15) is 6.33 Å². The normalized spacial score (nSPS) is 10.7. The van der Waals surface area contributed by atoms with Gasteiger partial charge in [0.05, 0.1) is 5.69 Å². The molecule has 21 heavy (non-hydrogen) atoms. The molecule has 1 N–H and O–H groups in total. The highest BCUT2D eigenvalue weighted by Gasteiger charge is 2.00. The highest BCUT2D eigenvalue weighted by Crippen LogP contribution is 2.16. The standard InChI is InChI=1S/C15H12N6/c1-3-7-12(8-4-1)18-14-16-11-17-15(19-14)21-20-13-9-5-2-6-10-13/h1-11H,(H,16,17,18,19). The first-order valence-electron chi connectivity index (χ1n) is 6.38. The summed E-state index contributed by atoms with van der Waals surface area (Å²) in [6.45, 7) is 0. The Balaban J connectivity index is 1.76. The van der Waals surface area contributed by atoms with Crippen LogP contribution >= 0.6 is 0 Å². The lowest BCUT2D eigenvalue weighted by Gasteiger charge is -2.03. The number of hydrogen-bond acceptors (Lipinski definition) is 6. The summed E-state index contributed by atoms with van der Waals surface area (Å²) >= 11 is 0. The third-order valence-electron chi connectivity index (χ3n) is 2.60. The van der Waals surface area contributed by atoms with Crippen LogP contribution in [-0.4, -0.2) is 15.0 Å². The Bertz CT molecular complexity index is 727. The predicted molar refractivity (Wildman–Crippen MR) is 80.2 cm³/mol. The van der Waals surface area contributed by atoms with E-state index in [9.17, 15) is 0 Å². The number of hydrogen-bond donors (Lipinski definition) is 1. The fraction of sp³-hybridized carbons (Fsp3) is 0. The summed E-state index contributed by atoms with van der Waals surface area (Å²) < 4.78 is 0. The van der Waals surface area contributed by atoms with Crippen molar-refractivity contribution in [1.82, 2.24) is 15.0 Å². The van der Waals surface area contributed by atoms with Gasteiger partial charge < -0.3 is 5.32 Å². The molecule has 0 unspecified atom stereocenters. The lowest BCUT2D eigenvalue weighted by molar-refractivity contribution is 1.01. The van der Waals surface area contributed by atoms with Crippen molar-refractivity contribution in [2.24, 2.45) is 10.2 Å². The third-order valence-corrected chi connectivity index (χ3v) is 2.60. The fourth-order valence-electron chi connectivity index (χ4n) is 1.64. The Kier molecular flexibility index (Phi) is 3.88. The maximum atomic E-state index is 4.19. The lowest BCUT2D eigenvalue weighted by Crippen LogP contribution is -1.97. The van der Waals surface area contributed by atoms with Gasteiger partial charge in [-0.3, -0.25) is 0 Å². The Morgan fingerprint density at radius 3 is 2.24 bits per heavy atom. The van der Waals surface area contributed by atoms with E-state index < -0.39 is 0 Å². The molecule has 3 aromatic rings. The predicted octanol–water partition coefficient (Wildman–Crippen LogP) is 4.03. The number of nitrogens with zero attached hydrogens (tertiary/aromatic N) is 5. The second-order valence-electron chi connectivity index (χ2n) is 4.14. The van der Waals surface area contributed by atoms with E-state index in [0.29, 0.717) is 5.95 Å². The average molecular weight is 276 g/mol. The molecule has 0 amide bonds. The molecule has 6 heteroatoms. The van der Waals surface area contributed by atoms with Crippen molar-refractivity contribution < 1.29 is 0 Å². The van der Waals surface area contributed by atoms with E-state index in [1.165, 1.54) is 6.33 Å².